The number of benzene rings is 1. The van der Waals surface area contributed by atoms with Gasteiger partial charge in [-0.2, -0.15) is 10.2 Å². The Morgan fingerprint density at radius 2 is 2.04 bits per heavy atom. The highest BCUT2D eigenvalue weighted by Gasteiger charge is 2.28. The van der Waals surface area contributed by atoms with Gasteiger partial charge >= 0.3 is 0 Å². The second-order valence-corrected chi connectivity index (χ2v) is 7.70. The minimum Gasteiger partial charge on any atom is -0.381 e. The third-order valence-electron chi connectivity index (χ3n) is 5.55. The van der Waals surface area contributed by atoms with Crippen LogP contribution in [-0.4, -0.2) is 44.1 Å². The number of nitrogens with zero attached hydrogens (tertiary/aromatic N) is 4. The molecule has 0 atom stereocenters. The fourth-order valence-corrected chi connectivity index (χ4v) is 3.77. The van der Waals surface area contributed by atoms with Crippen molar-refractivity contribution in [2.24, 2.45) is 5.92 Å². The first-order chi connectivity index (χ1) is 13.8. The highest BCUT2D eigenvalue weighted by Crippen LogP contribution is 2.37. The van der Waals surface area contributed by atoms with Gasteiger partial charge in [0.05, 0.1) is 12.1 Å². The second kappa shape index (κ2) is 7.35. The van der Waals surface area contributed by atoms with Crippen molar-refractivity contribution in [2.45, 2.75) is 44.7 Å². The monoisotopic (exact) mass is 380 g/mol. The summed E-state index contributed by atoms with van der Waals surface area (Å²) in [6.45, 7) is 2.73. The smallest absolute Gasteiger partial charge is 0.272 e. The van der Waals surface area contributed by atoms with E-state index in [2.05, 4.69) is 25.6 Å². The molecule has 8 nitrogen and oxygen atoms in total. The van der Waals surface area contributed by atoms with Crippen LogP contribution in [0.25, 0.3) is 10.9 Å². The maximum absolute atomic E-state index is 12.8. The zero-order valence-corrected chi connectivity index (χ0v) is 15.7. The van der Waals surface area contributed by atoms with Gasteiger partial charge in [-0.3, -0.25) is 14.6 Å². The van der Waals surface area contributed by atoms with Crippen molar-refractivity contribution in [3.05, 3.63) is 41.6 Å². The van der Waals surface area contributed by atoms with Crippen LogP contribution in [0.3, 0.4) is 0 Å². The number of para-hydroxylation sites is 1. The Bertz CT molecular complexity index is 984. The van der Waals surface area contributed by atoms with Crippen LogP contribution in [0, 0.1) is 5.92 Å². The highest BCUT2D eigenvalue weighted by atomic mass is 16.5. The Labute approximate surface area is 162 Å². The number of carbonyl (C=O) groups excluding carboxylic acids is 1. The van der Waals surface area contributed by atoms with Crippen molar-refractivity contribution in [3.8, 4) is 0 Å². The number of amides is 1. The summed E-state index contributed by atoms with van der Waals surface area (Å²) in [5, 5.41) is 15.6. The summed E-state index contributed by atoms with van der Waals surface area (Å²) in [7, 11) is 0. The van der Waals surface area contributed by atoms with Crippen LogP contribution in [0.1, 0.15) is 53.7 Å². The van der Waals surface area contributed by atoms with E-state index in [1.807, 2.05) is 28.9 Å². The zero-order valence-electron chi connectivity index (χ0n) is 15.7. The van der Waals surface area contributed by atoms with E-state index in [0.29, 0.717) is 29.9 Å². The number of hydrogen-bond acceptors (Lipinski definition) is 5. The molecule has 2 aliphatic rings. The Morgan fingerprint density at radius 1 is 1.21 bits per heavy atom. The van der Waals surface area contributed by atoms with Gasteiger partial charge in [-0.25, -0.2) is 4.98 Å². The summed E-state index contributed by atoms with van der Waals surface area (Å²) in [4.78, 5) is 17.3. The van der Waals surface area contributed by atoms with Crippen LogP contribution in [-0.2, 0) is 17.8 Å². The van der Waals surface area contributed by atoms with Crippen molar-refractivity contribution in [3.63, 3.8) is 0 Å². The molecule has 1 saturated carbocycles. The predicted octanol–water partition coefficient (Wildman–Crippen LogP) is 2.39. The van der Waals surface area contributed by atoms with Gasteiger partial charge in [-0.15, -0.1) is 0 Å². The van der Waals surface area contributed by atoms with E-state index in [1.54, 1.807) is 0 Å². The molecule has 146 valence electrons. The third-order valence-corrected chi connectivity index (χ3v) is 5.55. The van der Waals surface area contributed by atoms with Gasteiger partial charge in [0.1, 0.15) is 5.82 Å². The molecular weight excluding hydrogens is 356 g/mol. The molecular formula is C20H24N6O2. The Kier molecular flexibility index (Phi) is 4.56. The average molecular weight is 380 g/mol. The summed E-state index contributed by atoms with van der Waals surface area (Å²) >= 11 is 0. The number of aromatic amines is 1. The molecule has 3 heterocycles. The lowest BCUT2D eigenvalue weighted by atomic mass is 10.0. The molecule has 2 aromatic heterocycles. The predicted molar refractivity (Wildman–Crippen MR) is 103 cm³/mol. The largest absolute Gasteiger partial charge is 0.381 e. The van der Waals surface area contributed by atoms with Gasteiger partial charge < -0.3 is 10.1 Å². The molecule has 28 heavy (non-hydrogen) atoms. The van der Waals surface area contributed by atoms with E-state index in [9.17, 15) is 4.79 Å². The van der Waals surface area contributed by atoms with Crippen molar-refractivity contribution < 1.29 is 9.53 Å². The molecule has 1 aliphatic carbocycles. The number of aromatic nitrogens is 5. The van der Waals surface area contributed by atoms with Gasteiger partial charge in [-0.1, -0.05) is 18.2 Å². The van der Waals surface area contributed by atoms with Gasteiger partial charge in [0.15, 0.2) is 11.5 Å². The minimum atomic E-state index is -0.189. The van der Waals surface area contributed by atoms with Gasteiger partial charge in [0, 0.05) is 31.1 Å². The zero-order chi connectivity index (χ0) is 18.9. The maximum atomic E-state index is 12.8. The lowest BCUT2D eigenvalue weighted by Gasteiger charge is -2.22. The quantitative estimate of drug-likeness (QED) is 0.684. The summed E-state index contributed by atoms with van der Waals surface area (Å²) in [5.41, 5.74) is 1.46. The number of rotatable bonds is 6. The molecule has 0 radical (unpaired) electrons. The van der Waals surface area contributed by atoms with Crippen molar-refractivity contribution in [1.82, 2.24) is 30.3 Å². The average Bonchev–Trinajstić information content (AvgIpc) is 3.37. The summed E-state index contributed by atoms with van der Waals surface area (Å²) in [6, 6.07) is 7.91. The lowest BCUT2D eigenvalue weighted by Crippen LogP contribution is -2.25. The molecule has 3 aromatic rings. The number of fused-ring (bicyclic) bond motifs is 1. The fraction of sp³-hybridized carbons (Fsp3) is 0.500. The van der Waals surface area contributed by atoms with E-state index in [-0.39, 0.29) is 5.91 Å². The standard InChI is InChI=1S/C20H24N6O2/c27-20(21-11-17-22-19(24-23-17)14-5-6-14)18-15-3-1-2-4-16(15)26(25-18)12-13-7-9-28-10-8-13/h1-4,13-14H,5-12H2,(H,21,27)(H,22,23,24). The van der Waals surface area contributed by atoms with Gasteiger partial charge in [0.25, 0.3) is 5.91 Å². The Balaban J connectivity index is 1.32. The Hall–Kier alpha value is -2.74. The molecule has 2 fully saturated rings. The SMILES string of the molecule is O=C(NCc1nc(C2CC2)n[nH]1)c1nn(CC2CCOCC2)c2ccccc12. The minimum absolute atomic E-state index is 0.189. The van der Waals surface area contributed by atoms with Crippen LogP contribution in [0.15, 0.2) is 24.3 Å². The molecule has 0 bridgehead atoms. The number of ether oxygens (including phenoxy) is 1. The normalized spacial score (nSPS) is 17.9. The Morgan fingerprint density at radius 3 is 2.86 bits per heavy atom. The molecule has 1 aliphatic heterocycles. The molecule has 1 aromatic carbocycles. The van der Waals surface area contributed by atoms with Crippen molar-refractivity contribution >= 4 is 16.8 Å². The van der Waals surface area contributed by atoms with E-state index >= 15 is 0 Å². The lowest BCUT2D eigenvalue weighted by molar-refractivity contribution is 0.0604. The molecule has 0 spiro atoms. The van der Waals surface area contributed by atoms with Crippen LogP contribution in [0.4, 0.5) is 0 Å². The molecule has 8 heteroatoms. The van der Waals surface area contributed by atoms with Crippen LogP contribution in [0.2, 0.25) is 0 Å². The molecule has 2 N–H and O–H groups in total. The van der Waals surface area contributed by atoms with Gasteiger partial charge in [0.2, 0.25) is 0 Å². The van der Waals surface area contributed by atoms with Crippen LogP contribution < -0.4 is 5.32 Å². The highest BCUT2D eigenvalue weighted by molar-refractivity contribution is 6.04. The summed E-state index contributed by atoms with van der Waals surface area (Å²) in [5.74, 6) is 2.37. The third kappa shape index (κ3) is 3.52. The first kappa shape index (κ1) is 17.4. The van der Waals surface area contributed by atoms with E-state index in [0.717, 1.165) is 62.2 Å². The maximum Gasteiger partial charge on any atom is 0.272 e. The molecule has 1 amide bonds. The summed E-state index contributed by atoms with van der Waals surface area (Å²) < 4.78 is 7.43. The number of hydrogen-bond donors (Lipinski definition) is 2. The first-order valence-corrected chi connectivity index (χ1v) is 10.0. The van der Waals surface area contributed by atoms with E-state index < -0.39 is 0 Å². The van der Waals surface area contributed by atoms with Crippen molar-refractivity contribution in [2.75, 3.05) is 13.2 Å². The van der Waals surface area contributed by atoms with E-state index in [4.69, 9.17) is 4.74 Å². The number of carbonyl (C=O) groups is 1. The number of H-pyrrole nitrogens is 1. The van der Waals surface area contributed by atoms with Crippen LogP contribution >= 0.6 is 0 Å². The first-order valence-electron chi connectivity index (χ1n) is 10.0. The topological polar surface area (TPSA) is 97.7 Å². The van der Waals surface area contributed by atoms with Gasteiger partial charge in [-0.05, 0) is 37.7 Å². The molecule has 5 rings (SSSR count). The van der Waals surface area contributed by atoms with Crippen molar-refractivity contribution in [1.29, 1.82) is 0 Å². The molecule has 0 unspecified atom stereocenters. The molecule has 1 saturated heterocycles. The second-order valence-electron chi connectivity index (χ2n) is 7.70. The van der Waals surface area contributed by atoms with Crippen LogP contribution in [0.5, 0.6) is 0 Å². The summed E-state index contributed by atoms with van der Waals surface area (Å²) in [6.07, 6.45) is 4.37. The van der Waals surface area contributed by atoms with E-state index in [1.165, 1.54) is 0 Å². The number of nitrogens with one attached hydrogen (secondary N) is 2. The fourth-order valence-electron chi connectivity index (χ4n) is 3.77.